The summed E-state index contributed by atoms with van der Waals surface area (Å²) in [5.41, 5.74) is 1.45. The van der Waals surface area contributed by atoms with Crippen LogP contribution in [-0.4, -0.2) is 55.1 Å². The molecule has 0 atom stereocenters. The van der Waals surface area contributed by atoms with E-state index in [9.17, 15) is 4.79 Å². The van der Waals surface area contributed by atoms with E-state index in [1.165, 1.54) is 0 Å². The second-order valence-electron chi connectivity index (χ2n) is 4.84. The van der Waals surface area contributed by atoms with Crippen molar-refractivity contribution in [3.8, 4) is 0 Å². The molecule has 0 bridgehead atoms. The van der Waals surface area contributed by atoms with Gasteiger partial charge in [0.15, 0.2) is 0 Å². The highest BCUT2D eigenvalue weighted by Crippen LogP contribution is 2.03. The highest BCUT2D eigenvalue weighted by molar-refractivity contribution is 5.95. The van der Waals surface area contributed by atoms with Gasteiger partial charge >= 0.3 is 0 Å². The number of carbonyl (C=O) groups excluding carboxylic acids is 1. The summed E-state index contributed by atoms with van der Waals surface area (Å²) in [5, 5.41) is 6.29. The van der Waals surface area contributed by atoms with Gasteiger partial charge in [-0.25, -0.2) is 0 Å². The van der Waals surface area contributed by atoms with E-state index in [0.717, 1.165) is 51.4 Å². The minimum atomic E-state index is -0.0223. The van der Waals surface area contributed by atoms with Crippen LogP contribution in [0.1, 0.15) is 22.5 Å². The molecule has 1 saturated heterocycles. The number of hydrogen-bond acceptors (Lipinski definition) is 4. The standard InChI is InChI=1S/C14H22N4O/c1-12-13(4-2-5-16-12)14(19)17-6-3-9-18-10-7-15-8-11-18/h2,4-5,15H,3,6-11H2,1H3,(H,17,19). The highest BCUT2D eigenvalue weighted by atomic mass is 16.1. The Bertz CT molecular complexity index is 416. The molecular formula is C14H22N4O. The van der Waals surface area contributed by atoms with Crippen LogP contribution < -0.4 is 10.6 Å². The monoisotopic (exact) mass is 262 g/mol. The molecule has 1 aromatic heterocycles. The first kappa shape index (κ1) is 14.0. The predicted octanol–water partition coefficient (Wildman–Crippen LogP) is 0.415. The molecule has 0 radical (unpaired) electrons. The molecule has 0 unspecified atom stereocenters. The largest absolute Gasteiger partial charge is 0.352 e. The Kier molecular flexibility index (Phi) is 5.30. The van der Waals surface area contributed by atoms with Gasteiger partial charge < -0.3 is 15.5 Å². The number of nitrogens with one attached hydrogen (secondary N) is 2. The Balaban J connectivity index is 1.68. The number of rotatable bonds is 5. The summed E-state index contributed by atoms with van der Waals surface area (Å²) < 4.78 is 0. The summed E-state index contributed by atoms with van der Waals surface area (Å²) in [5.74, 6) is -0.0223. The quantitative estimate of drug-likeness (QED) is 0.755. The van der Waals surface area contributed by atoms with Crippen LogP contribution in [-0.2, 0) is 0 Å². The number of nitrogens with zero attached hydrogens (tertiary/aromatic N) is 2. The number of hydrogen-bond donors (Lipinski definition) is 2. The third kappa shape index (κ3) is 4.29. The van der Waals surface area contributed by atoms with Gasteiger partial charge in [0.2, 0.25) is 0 Å². The first-order valence-electron chi connectivity index (χ1n) is 6.90. The van der Waals surface area contributed by atoms with E-state index >= 15 is 0 Å². The zero-order valence-corrected chi connectivity index (χ0v) is 11.5. The number of aromatic nitrogens is 1. The van der Waals surface area contributed by atoms with E-state index in [1.807, 2.05) is 13.0 Å². The van der Waals surface area contributed by atoms with Gasteiger partial charge in [-0.1, -0.05) is 0 Å². The zero-order valence-electron chi connectivity index (χ0n) is 11.5. The van der Waals surface area contributed by atoms with Crippen molar-refractivity contribution in [2.24, 2.45) is 0 Å². The lowest BCUT2D eigenvalue weighted by atomic mass is 10.2. The fraction of sp³-hybridized carbons (Fsp3) is 0.571. The molecule has 2 rings (SSSR count). The topological polar surface area (TPSA) is 57.3 Å². The maximum absolute atomic E-state index is 11.9. The molecule has 1 aliphatic rings. The van der Waals surface area contributed by atoms with Crippen molar-refractivity contribution in [2.75, 3.05) is 39.3 Å². The fourth-order valence-electron chi connectivity index (χ4n) is 2.26. The third-order valence-electron chi connectivity index (χ3n) is 3.40. The van der Waals surface area contributed by atoms with Crippen LogP contribution in [0.4, 0.5) is 0 Å². The maximum atomic E-state index is 11.9. The van der Waals surface area contributed by atoms with Crippen molar-refractivity contribution < 1.29 is 4.79 Å². The average molecular weight is 262 g/mol. The molecule has 19 heavy (non-hydrogen) atoms. The Morgan fingerprint density at radius 2 is 2.26 bits per heavy atom. The van der Waals surface area contributed by atoms with Gasteiger partial charge in [0.1, 0.15) is 0 Å². The van der Waals surface area contributed by atoms with Crippen molar-refractivity contribution in [1.82, 2.24) is 20.5 Å². The Morgan fingerprint density at radius 1 is 1.47 bits per heavy atom. The molecule has 5 heteroatoms. The number of carbonyl (C=O) groups is 1. The molecule has 2 N–H and O–H groups in total. The lowest BCUT2D eigenvalue weighted by Gasteiger charge is -2.27. The van der Waals surface area contributed by atoms with Crippen molar-refractivity contribution in [2.45, 2.75) is 13.3 Å². The molecule has 1 aromatic rings. The molecule has 1 fully saturated rings. The summed E-state index contributed by atoms with van der Waals surface area (Å²) in [4.78, 5) is 18.5. The van der Waals surface area contributed by atoms with Crippen LogP contribution in [0.3, 0.4) is 0 Å². The lowest BCUT2D eigenvalue weighted by Crippen LogP contribution is -2.44. The van der Waals surface area contributed by atoms with E-state index in [2.05, 4.69) is 20.5 Å². The molecular weight excluding hydrogens is 240 g/mol. The molecule has 0 aliphatic carbocycles. The van der Waals surface area contributed by atoms with Crippen LogP contribution in [0.5, 0.6) is 0 Å². The summed E-state index contributed by atoms with van der Waals surface area (Å²) in [6.07, 6.45) is 2.70. The number of amides is 1. The Morgan fingerprint density at radius 3 is 3.00 bits per heavy atom. The van der Waals surface area contributed by atoms with E-state index in [1.54, 1.807) is 12.3 Å². The molecule has 1 aliphatic heterocycles. The molecule has 104 valence electrons. The zero-order chi connectivity index (χ0) is 13.5. The summed E-state index contributed by atoms with van der Waals surface area (Å²) >= 11 is 0. The van der Waals surface area contributed by atoms with E-state index in [4.69, 9.17) is 0 Å². The summed E-state index contributed by atoms with van der Waals surface area (Å²) in [6, 6.07) is 3.61. The van der Waals surface area contributed by atoms with Crippen LogP contribution in [0.2, 0.25) is 0 Å². The van der Waals surface area contributed by atoms with Gasteiger partial charge in [0, 0.05) is 44.6 Å². The van der Waals surface area contributed by atoms with Gasteiger partial charge in [0.25, 0.3) is 5.91 Å². The van der Waals surface area contributed by atoms with Gasteiger partial charge in [-0.3, -0.25) is 9.78 Å². The Labute approximate surface area is 114 Å². The third-order valence-corrected chi connectivity index (χ3v) is 3.40. The van der Waals surface area contributed by atoms with Gasteiger partial charge in [0.05, 0.1) is 5.56 Å². The highest BCUT2D eigenvalue weighted by Gasteiger charge is 2.10. The molecule has 0 spiro atoms. The minimum Gasteiger partial charge on any atom is -0.352 e. The van der Waals surface area contributed by atoms with Crippen molar-refractivity contribution >= 4 is 5.91 Å². The van der Waals surface area contributed by atoms with Crippen molar-refractivity contribution in [3.63, 3.8) is 0 Å². The smallest absolute Gasteiger partial charge is 0.253 e. The van der Waals surface area contributed by atoms with Crippen LogP contribution in [0.15, 0.2) is 18.3 Å². The van der Waals surface area contributed by atoms with E-state index in [-0.39, 0.29) is 5.91 Å². The molecule has 1 amide bonds. The van der Waals surface area contributed by atoms with Crippen LogP contribution >= 0.6 is 0 Å². The average Bonchev–Trinajstić information content (AvgIpc) is 2.45. The first-order chi connectivity index (χ1) is 9.27. The molecule has 2 heterocycles. The number of piperazine rings is 1. The number of aryl methyl sites for hydroxylation is 1. The van der Waals surface area contributed by atoms with E-state index in [0.29, 0.717) is 5.56 Å². The van der Waals surface area contributed by atoms with Gasteiger partial charge in [-0.15, -0.1) is 0 Å². The Hall–Kier alpha value is -1.46. The number of pyridine rings is 1. The van der Waals surface area contributed by atoms with Gasteiger partial charge in [-0.05, 0) is 32.0 Å². The van der Waals surface area contributed by atoms with Crippen LogP contribution in [0.25, 0.3) is 0 Å². The summed E-state index contributed by atoms with van der Waals surface area (Å²) in [6.45, 7) is 7.98. The molecule has 0 saturated carbocycles. The van der Waals surface area contributed by atoms with Crippen molar-refractivity contribution in [3.05, 3.63) is 29.6 Å². The fourth-order valence-corrected chi connectivity index (χ4v) is 2.26. The van der Waals surface area contributed by atoms with E-state index < -0.39 is 0 Å². The maximum Gasteiger partial charge on any atom is 0.253 e. The normalized spacial score (nSPS) is 16.3. The summed E-state index contributed by atoms with van der Waals surface area (Å²) in [7, 11) is 0. The van der Waals surface area contributed by atoms with Gasteiger partial charge in [-0.2, -0.15) is 0 Å². The predicted molar refractivity (Wildman–Crippen MR) is 75.2 cm³/mol. The van der Waals surface area contributed by atoms with Crippen LogP contribution in [0, 0.1) is 6.92 Å². The second-order valence-corrected chi connectivity index (χ2v) is 4.84. The minimum absolute atomic E-state index is 0.0223. The lowest BCUT2D eigenvalue weighted by molar-refractivity contribution is 0.0950. The molecule has 5 nitrogen and oxygen atoms in total. The van der Waals surface area contributed by atoms with Crippen molar-refractivity contribution in [1.29, 1.82) is 0 Å². The SMILES string of the molecule is Cc1ncccc1C(=O)NCCCN1CCNCC1. The molecule has 0 aromatic carbocycles. The second kappa shape index (κ2) is 7.21. The first-order valence-corrected chi connectivity index (χ1v) is 6.90.